The summed E-state index contributed by atoms with van der Waals surface area (Å²) in [5.41, 5.74) is 20.0. The molecule has 0 N–H and O–H groups in total. The third kappa shape index (κ3) is 4.81. The van der Waals surface area contributed by atoms with Gasteiger partial charge in [0.25, 0.3) is 0 Å². The van der Waals surface area contributed by atoms with Crippen molar-refractivity contribution < 1.29 is 8.83 Å². The maximum absolute atomic E-state index is 6.30. The number of oxazole rings is 2. The van der Waals surface area contributed by atoms with E-state index in [-0.39, 0.29) is 10.8 Å². The number of fused-ring (bicyclic) bond motifs is 9. The molecule has 2 heterocycles. The van der Waals surface area contributed by atoms with E-state index in [1.807, 2.05) is 48.5 Å². The van der Waals surface area contributed by atoms with E-state index < -0.39 is 0 Å². The molecule has 2 aliphatic rings. The molecule has 2 aromatic heterocycles. The van der Waals surface area contributed by atoms with E-state index in [0.717, 1.165) is 44.5 Å². The molecular formula is C54H38N2O2. The van der Waals surface area contributed by atoms with Gasteiger partial charge in [0, 0.05) is 22.0 Å². The molecule has 0 unspecified atom stereocenters. The van der Waals surface area contributed by atoms with Gasteiger partial charge in [0.05, 0.1) is 0 Å². The van der Waals surface area contributed by atoms with Gasteiger partial charge in [-0.3, -0.25) is 0 Å². The standard InChI is InChI=1S/C54H38N2O2/c1-53(2)43-28-33(34-18-22-41-42-26-31-11-5-6-12-32(31)27-46(42)54(3,4)45(41)29-34)17-20-39(43)40-21-19-35(30-44(40)53)36-23-37(51-55-47-13-7-9-15-49(47)57-51)25-38(24-36)52-56-48-14-8-10-16-50(48)58-52/h5-30H,1-4H3. The van der Waals surface area contributed by atoms with E-state index in [4.69, 9.17) is 18.8 Å². The molecular weight excluding hydrogens is 709 g/mol. The minimum Gasteiger partial charge on any atom is -0.436 e. The summed E-state index contributed by atoms with van der Waals surface area (Å²) in [6.07, 6.45) is 0. The molecule has 0 atom stereocenters. The Bertz CT molecular complexity index is 3200. The van der Waals surface area contributed by atoms with Crippen molar-refractivity contribution in [2.24, 2.45) is 0 Å². The SMILES string of the molecule is CC1(C)c2cc(-c3cc(-c4nc5ccccc5o4)cc(-c4nc5ccccc5o4)c3)ccc2-c2ccc(-c3ccc4c(c3)C(C)(C)c3cc5ccccc5cc3-4)cc21. The first-order valence-corrected chi connectivity index (χ1v) is 20.0. The third-order valence-corrected chi connectivity index (χ3v) is 12.9. The third-order valence-electron chi connectivity index (χ3n) is 12.9. The van der Waals surface area contributed by atoms with E-state index in [1.54, 1.807) is 0 Å². The summed E-state index contributed by atoms with van der Waals surface area (Å²) >= 11 is 0. The van der Waals surface area contributed by atoms with Gasteiger partial charge in [-0.15, -0.1) is 0 Å². The van der Waals surface area contributed by atoms with Crippen LogP contribution in [0.1, 0.15) is 49.9 Å². The van der Waals surface area contributed by atoms with E-state index in [2.05, 4.69) is 137 Å². The Labute approximate surface area is 336 Å². The summed E-state index contributed by atoms with van der Waals surface area (Å²) in [6.45, 7) is 9.46. The van der Waals surface area contributed by atoms with Crippen molar-refractivity contribution in [2.75, 3.05) is 0 Å². The molecule has 4 heteroatoms. The molecule has 12 rings (SSSR count). The average Bonchev–Trinajstić information content (AvgIpc) is 4.00. The summed E-state index contributed by atoms with van der Waals surface area (Å²) in [6, 6.07) is 56.7. The molecule has 0 saturated heterocycles. The summed E-state index contributed by atoms with van der Waals surface area (Å²) < 4.78 is 12.6. The highest BCUT2D eigenvalue weighted by atomic mass is 16.4. The van der Waals surface area contributed by atoms with Crippen molar-refractivity contribution in [3.8, 4) is 67.4 Å². The monoisotopic (exact) mass is 746 g/mol. The second kappa shape index (κ2) is 11.7. The molecule has 8 aromatic carbocycles. The van der Waals surface area contributed by atoms with Crippen LogP contribution in [0.4, 0.5) is 0 Å². The summed E-state index contributed by atoms with van der Waals surface area (Å²) in [5, 5.41) is 2.59. The minimum absolute atomic E-state index is 0.0918. The Balaban J connectivity index is 0.939. The molecule has 0 bridgehead atoms. The van der Waals surface area contributed by atoms with Crippen molar-refractivity contribution in [3.05, 3.63) is 180 Å². The van der Waals surface area contributed by atoms with Gasteiger partial charge in [0.2, 0.25) is 11.8 Å². The van der Waals surface area contributed by atoms with Crippen molar-refractivity contribution >= 4 is 33.0 Å². The summed E-state index contributed by atoms with van der Waals surface area (Å²) in [4.78, 5) is 9.74. The lowest BCUT2D eigenvalue weighted by molar-refractivity contribution is 0.617. The van der Waals surface area contributed by atoms with Gasteiger partial charge in [-0.25, -0.2) is 9.97 Å². The zero-order valence-electron chi connectivity index (χ0n) is 32.7. The Morgan fingerprint density at radius 2 is 0.741 bits per heavy atom. The number of rotatable bonds is 4. The number of benzene rings is 8. The topological polar surface area (TPSA) is 52.1 Å². The van der Waals surface area contributed by atoms with Crippen LogP contribution in [-0.2, 0) is 10.8 Å². The number of nitrogens with zero attached hydrogens (tertiary/aromatic N) is 2. The summed E-state index contributed by atoms with van der Waals surface area (Å²) in [7, 11) is 0. The Hall–Kier alpha value is -7.04. The quantitative estimate of drug-likeness (QED) is 0.180. The summed E-state index contributed by atoms with van der Waals surface area (Å²) in [5.74, 6) is 1.13. The lowest BCUT2D eigenvalue weighted by atomic mass is 9.79. The highest BCUT2D eigenvalue weighted by Crippen LogP contribution is 2.53. The van der Waals surface area contributed by atoms with Crippen molar-refractivity contribution in [2.45, 2.75) is 38.5 Å². The molecule has 58 heavy (non-hydrogen) atoms. The maximum Gasteiger partial charge on any atom is 0.227 e. The van der Waals surface area contributed by atoms with Crippen LogP contribution in [-0.4, -0.2) is 9.97 Å². The zero-order valence-corrected chi connectivity index (χ0v) is 32.7. The first-order valence-electron chi connectivity index (χ1n) is 20.0. The van der Waals surface area contributed by atoms with Gasteiger partial charge in [0.15, 0.2) is 11.2 Å². The van der Waals surface area contributed by atoms with Gasteiger partial charge in [-0.1, -0.05) is 113 Å². The largest absolute Gasteiger partial charge is 0.436 e. The molecule has 0 spiro atoms. The number of hydrogen-bond donors (Lipinski definition) is 0. The van der Waals surface area contributed by atoms with E-state index in [9.17, 15) is 0 Å². The predicted octanol–water partition coefficient (Wildman–Crippen LogP) is 14.4. The normalized spacial score (nSPS) is 14.5. The fraction of sp³-hybridized carbons (Fsp3) is 0.111. The molecule has 276 valence electrons. The van der Waals surface area contributed by atoms with E-state index in [0.29, 0.717) is 11.8 Å². The molecule has 10 aromatic rings. The van der Waals surface area contributed by atoms with Gasteiger partial charge in [0.1, 0.15) is 11.0 Å². The Kier molecular flexibility index (Phi) is 6.71. The van der Waals surface area contributed by atoms with Crippen LogP contribution in [0, 0.1) is 0 Å². The maximum atomic E-state index is 6.30. The molecule has 0 amide bonds. The number of aromatic nitrogens is 2. The molecule has 4 nitrogen and oxygen atoms in total. The van der Waals surface area contributed by atoms with E-state index in [1.165, 1.54) is 66.4 Å². The second-order valence-electron chi connectivity index (χ2n) is 17.0. The average molecular weight is 747 g/mol. The van der Waals surface area contributed by atoms with Crippen LogP contribution in [0.5, 0.6) is 0 Å². The molecule has 2 aliphatic carbocycles. The highest BCUT2D eigenvalue weighted by molar-refractivity contribution is 5.95. The van der Waals surface area contributed by atoms with Crippen LogP contribution < -0.4 is 0 Å². The van der Waals surface area contributed by atoms with Gasteiger partial charge in [-0.2, -0.15) is 0 Å². The molecule has 0 radical (unpaired) electrons. The predicted molar refractivity (Wildman–Crippen MR) is 236 cm³/mol. The van der Waals surface area contributed by atoms with Gasteiger partial charge < -0.3 is 8.83 Å². The van der Waals surface area contributed by atoms with Crippen LogP contribution in [0.2, 0.25) is 0 Å². The smallest absolute Gasteiger partial charge is 0.227 e. The molecule has 0 aliphatic heterocycles. The molecule has 0 fully saturated rings. The fourth-order valence-corrected chi connectivity index (χ4v) is 9.73. The fourth-order valence-electron chi connectivity index (χ4n) is 9.73. The van der Waals surface area contributed by atoms with E-state index >= 15 is 0 Å². The lowest BCUT2D eigenvalue weighted by Crippen LogP contribution is -2.15. The zero-order chi connectivity index (χ0) is 38.9. The number of para-hydroxylation sites is 4. The first kappa shape index (κ1) is 33.1. The van der Waals surface area contributed by atoms with Crippen molar-refractivity contribution in [3.63, 3.8) is 0 Å². The van der Waals surface area contributed by atoms with Crippen LogP contribution >= 0.6 is 0 Å². The first-order chi connectivity index (χ1) is 28.2. The second-order valence-corrected chi connectivity index (χ2v) is 17.0. The lowest BCUT2D eigenvalue weighted by Gasteiger charge is -2.24. The van der Waals surface area contributed by atoms with Crippen LogP contribution in [0.15, 0.2) is 167 Å². The Morgan fingerprint density at radius 1 is 0.345 bits per heavy atom. The van der Waals surface area contributed by atoms with Crippen LogP contribution in [0.3, 0.4) is 0 Å². The minimum atomic E-state index is -0.218. The number of hydrogen-bond acceptors (Lipinski definition) is 4. The molecule has 0 saturated carbocycles. The van der Waals surface area contributed by atoms with Crippen molar-refractivity contribution in [1.29, 1.82) is 0 Å². The Morgan fingerprint density at radius 3 is 1.24 bits per heavy atom. The highest BCUT2D eigenvalue weighted by Gasteiger charge is 2.38. The van der Waals surface area contributed by atoms with Crippen LogP contribution in [0.25, 0.3) is 100 Å². The van der Waals surface area contributed by atoms with Gasteiger partial charge >= 0.3 is 0 Å². The van der Waals surface area contributed by atoms with Gasteiger partial charge in [-0.05, 0) is 150 Å². The van der Waals surface area contributed by atoms with Crippen molar-refractivity contribution in [1.82, 2.24) is 9.97 Å².